The summed E-state index contributed by atoms with van der Waals surface area (Å²) in [5, 5.41) is 27.4. The van der Waals surface area contributed by atoms with Crippen LogP contribution in [0, 0.1) is 11.3 Å². The van der Waals surface area contributed by atoms with E-state index in [-0.39, 0.29) is 46.8 Å². The maximum Gasteiger partial charge on any atom is 0.241 e. The molecule has 10 nitrogen and oxygen atoms in total. The molecule has 3 heterocycles. The Morgan fingerprint density at radius 3 is 2.59 bits per heavy atom. The number of hydrogen-bond acceptors (Lipinski definition) is 8. The van der Waals surface area contributed by atoms with Gasteiger partial charge in [0.1, 0.15) is 23.0 Å². The molecule has 3 fully saturated rings. The summed E-state index contributed by atoms with van der Waals surface area (Å²) >= 11 is 12.2. The lowest BCUT2D eigenvalue weighted by molar-refractivity contribution is -0.126. The number of amides is 2. The quantitative estimate of drug-likeness (QED) is 0.215. The van der Waals surface area contributed by atoms with Gasteiger partial charge in [0.05, 0.1) is 12.0 Å². The molecule has 0 bridgehead atoms. The second-order valence-corrected chi connectivity index (χ2v) is 14.6. The summed E-state index contributed by atoms with van der Waals surface area (Å²) in [5.41, 5.74) is -1.17. The molecule has 46 heavy (non-hydrogen) atoms. The number of benzene rings is 1. The van der Waals surface area contributed by atoms with Crippen molar-refractivity contribution in [3.8, 4) is 0 Å². The average molecular weight is 674 g/mol. The van der Waals surface area contributed by atoms with E-state index >= 15 is 4.39 Å². The number of aliphatic imine (C=N–C) groups is 1. The van der Waals surface area contributed by atoms with Gasteiger partial charge >= 0.3 is 0 Å². The van der Waals surface area contributed by atoms with E-state index in [0.717, 1.165) is 12.8 Å². The minimum Gasteiger partial charge on any atom is -0.422 e. The van der Waals surface area contributed by atoms with E-state index in [4.69, 9.17) is 27.6 Å². The number of nitrogens with zero attached hydrogens (tertiary/aromatic N) is 3. The second kappa shape index (κ2) is 12.5. The van der Waals surface area contributed by atoms with Gasteiger partial charge in [0, 0.05) is 34.4 Å². The van der Waals surface area contributed by atoms with Crippen molar-refractivity contribution in [3.05, 3.63) is 64.2 Å². The number of allylic oxidation sites excluding steroid dienone is 1. The minimum absolute atomic E-state index is 0.0223. The first kappa shape index (κ1) is 32.8. The number of aromatic nitrogens is 2. The number of carbonyl (C=O) groups excluding carboxylic acids is 2. The Hall–Kier alpha value is -3.12. The van der Waals surface area contributed by atoms with Crippen LogP contribution in [-0.4, -0.2) is 51.0 Å². The number of halogens is 3. The Kier molecular flexibility index (Phi) is 8.90. The summed E-state index contributed by atoms with van der Waals surface area (Å²) in [6, 6.07) is 3.95. The van der Waals surface area contributed by atoms with Gasteiger partial charge < -0.3 is 20.2 Å². The highest BCUT2D eigenvalue weighted by Crippen LogP contribution is 2.62. The third-order valence-electron chi connectivity index (χ3n) is 10.5. The number of hydrogen-bond donors (Lipinski definition) is 4. The van der Waals surface area contributed by atoms with E-state index in [9.17, 15) is 14.7 Å². The van der Waals surface area contributed by atoms with Crippen molar-refractivity contribution in [1.82, 2.24) is 20.8 Å². The third-order valence-corrected chi connectivity index (χ3v) is 10.9. The number of aliphatic hydroxyl groups is 1. The molecule has 1 aromatic carbocycles. The number of nitrogens with one attached hydrogen (secondary N) is 3. The van der Waals surface area contributed by atoms with E-state index in [0.29, 0.717) is 60.7 Å². The molecule has 2 spiro atoms. The zero-order chi connectivity index (χ0) is 32.9. The molecule has 0 radical (unpaired) electrons. The van der Waals surface area contributed by atoms with Crippen LogP contribution in [0.4, 0.5) is 10.1 Å². The number of aliphatic hydroxyl groups excluding tert-OH is 1. The number of rotatable bonds is 7. The molecule has 246 valence electrons. The highest BCUT2D eigenvalue weighted by Gasteiger charge is 2.73. The predicted molar refractivity (Wildman–Crippen MR) is 173 cm³/mol. The SMILES string of the molecule is C=C(Cl)/N=C\C=C(/F)[C@H]1[C@H](C(=O)N[C@H]2CC[C@H](c3nnc(CO)o3)CC2)NC2(CCC(C)(C)CC2)[C@@]12C(=O)Nc1cc(Cl)ccc12. The molecule has 13 heteroatoms. The highest BCUT2D eigenvalue weighted by atomic mass is 35.5. The van der Waals surface area contributed by atoms with Crippen LogP contribution in [0.25, 0.3) is 0 Å². The molecule has 6 rings (SSSR count). The largest absolute Gasteiger partial charge is 0.422 e. The van der Waals surface area contributed by atoms with Crippen molar-refractivity contribution in [1.29, 1.82) is 0 Å². The second-order valence-electron chi connectivity index (χ2n) is 13.8. The van der Waals surface area contributed by atoms with Crippen molar-refractivity contribution in [2.45, 2.75) is 101 Å². The van der Waals surface area contributed by atoms with Crippen LogP contribution in [0.2, 0.25) is 5.02 Å². The minimum atomic E-state index is -1.43. The van der Waals surface area contributed by atoms with Gasteiger partial charge in [-0.15, -0.1) is 10.2 Å². The smallest absolute Gasteiger partial charge is 0.241 e. The number of carbonyl (C=O) groups is 2. The fourth-order valence-electron chi connectivity index (χ4n) is 8.17. The maximum absolute atomic E-state index is 16.8. The molecule has 2 aliphatic carbocycles. The van der Waals surface area contributed by atoms with Gasteiger partial charge in [-0.05, 0) is 80.6 Å². The first-order valence-corrected chi connectivity index (χ1v) is 16.5. The summed E-state index contributed by atoms with van der Waals surface area (Å²) in [7, 11) is 0. The van der Waals surface area contributed by atoms with Crippen LogP contribution < -0.4 is 16.0 Å². The average Bonchev–Trinajstić information content (AvgIpc) is 3.69. The third kappa shape index (κ3) is 5.69. The highest BCUT2D eigenvalue weighted by molar-refractivity contribution is 6.31. The predicted octanol–water partition coefficient (Wildman–Crippen LogP) is 5.81. The van der Waals surface area contributed by atoms with E-state index in [1.165, 1.54) is 12.3 Å². The van der Waals surface area contributed by atoms with Crippen LogP contribution in [0.15, 0.2) is 51.2 Å². The first-order chi connectivity index (χ1) is 21.9. The fraction of sp³-hybridized carbons (Fsp3) is 0.545. The lowest BCUT2D eigenvalue weighted by Crippen LogP contribution is -2.61. The number of anilines is 1. The van der Waals surface area contributed by atoms with Crippen molar-refractivity contribution < 1.29 is 23.5 Å². The van der Waals surface area contributed by atoms with Gasteiger partial charge in [-0.2, -0.15) is 0 Å². The van der Waals surface area contributed by atoms with Crippen LogP contribution >= 0.6 is 23.2 Å². The van der Waals surface area contributed by atoms with Crippen molar-refractivity contribution >= 4 is 46.9 Å². The Bertz CT molecular complexity index is 1590. The zero-order valence-electron chi connectivity index (χ0n) is 25.9. The van der Waals surface area contributed by atoms with Gasteiger partial charge in [0.2, 0.25) is 23.6 Å². The van der Waals surface area contributed by atoms with Crippen molar-refractivity contribution in [2.75, 3.05) is 5.32 Å². The Balaban J connectivity index is 1.36. The normalized spacial score (nSPS) is 30.1. The van der Waals surface area contributed by atoms with Gasteiger partial charge in [0.25, 0.3) is 0 Å². The Morgan fingerprint density at radius 1 is 1.22 bits per heavy atom. The lowest BCUT2D eigenvalue weighted by atomic mass is 9.54. The summed E-state index contributed by atoms with van der Waals surface area (Å²) in [6.45, 7) is 7.59. The Morgan fingerprint density at radius 2 is 1.93 bits per heavy atom. The van der Waals surface area contributed by atoms with Gasteiger partial charge in [-0.3, -0.25) is 14.9 Å². The summed E-state index contributed by atoms with van der Waals surface area (Å²) in [5.74, 6) is -1.89. The van der Waals surface area contributed by atoms with E-state index < -0.39 is 28.7 Å². The van der Waals surface area contributed by atoms with Gasteiger partial charge in [0.15, 0.2) is 0 Å². The molecule has 2 amide bonds. The van der Waals surface area contributed by atoms with E-state index in [2.05, 4.69) is 51.6 Å². The summed E-state index contributed by atoms with van der Waals surface area (Å²) in [4.78, 5) is 32.6. The van der Waals surface area contributed by atoms with Crippen LogP contribution in [0.3, 0.4) is 0 Å². The molecule has 3 atom stereocenters. The topological polar surface area (TPSA) is 142 Å². The van der Waals surface area contributed by atoms with E-state index in [1.54, 1.807) is 18.2 Å². The number of fused-ring (bicyclic) bond motifs is 3. The molecule has 4 N–H and O–H groups in total. The summed E-state index contributed by atoms with van der Waals surface area (Å²) < 4.78 is 22.3. The van der Waals surface area contributed by atoms with Gasteiger partial charge in [-0.25, -0.2) is 9.38 Å². The molecule has 1 aromatic heterocycles. The molecule has 4 aliphatic rings. The van der Waals surface area contributed by atoms with Crippen molar-refractivity contribution in [3.63, 3.8) is 0 Å². The standard InChI is InChI=1S/C33H39Cl2FN6O4/c1-18(34)37-15-10-23(36)26-27(28(44)38-21-7-4-19(5-8-21)29-42-41-25(17-43)46-29)40-32(13-11-31(2,3)12-14-32)33(26)22-9-6-20(35)16-24(22)39-30(33)45/h6,9-10,15-16,19,21,26-27,40,43H,1,4-5,7-8,11-14,17H2,2-3H3,(H,38,44)(H,39,45)/b23-10-,37-15-/t19-,21-,26-,27+,33+/m0/s1. The molecular formula is C33H39Cl2FN6O4. The molecule has 2 saturated carbocycles. The fourth-order valence-corrected chi connectivity index (χ4v) is 8.40. The molecule has 0 unspecified atom stereocenters. The van der Waals surface area contributed by atoms with Crippen molar-refractivity contribution in [2.24, 2.45) is 16.3 Å². The van der Waals surface area contributed by atoms with Gasteiger partial charge in [-0.1, -0.05) is 49.7 Å². The Labute approximate surface area is 277 Å². The molecular weight excluding hydrogens is 634 g/mol. The zero-order valence-corrected chi connectivity index (χ0v) is 27.4. The molecule has 1 saturated heterocycles. The monoisotopic (exact) mass is 672 g/mol. The maximum atomic E-state index is 16.8. The van der Waals surface area contributed by atoms with E-state index in [1.807, 2.05) is 0 Å². The molecule has 2 aromatic rings. The first-order valence-electron chi connectivity index (χ1n) is 15.8. The molecule has 2 aliphatic heterocycles. The van der Waals surface area contributed by atoms with Crippen LogP contribution in [0.1, 0.15) is 88.5 Å². The summed E-state index contributed by atoms with van der Waals surface area (Å²) in [6.07, 6.45) is 7.80. The lowest BCUT2D eigenvalue weighted by Gasteiger charge is -2.50. The van der Waals surface area contributed by atoms with Crippen LogP contribution in [-0.2, 0) is 21.6 Å². The van der Waals surface area contributed by atoms with Crippen LogP contribution in [0.5, 0.6) is 0 Å².